The molecule has 0 radical (unpaired) electrons. The molecule has 6 heterocycles. The maximum absolute atomic E-state index is 12.1. The number of benzene rings is 3. The molecule has 20 heteroatoms. The van der Waals surface area contributed by atoms with E-state index in [-0.39, 0.29) is 18.1 Å². The summed E-state index contributed by atoms with van der Waals surface area (Å²) in [7, 11) is 0. The van der Waals surface area contributed by atoms with Crippen molar-refractivity contribution in [3.63, 3.8) is 0 Å². The number of aryl methyl sites for hydroxylation is 6. The Kier molecular flexibility index (Phi) is 20.4. The van der Waals surface area contributed by atoms with Crippen molar-refractivity contribution in [2.45, 2.75) is 96.8 Å². The lowest BCUT2D eigenvalue weighted by atomic mass is 9.77. The van der Waals surface area contributed by atoms with E-state index in [1.807, 2.05) is 56.7 Å². The summed E-state index contributed by atoms with van der Waals surface area (Å²) in [6.45, 7) is 9.01. The third kappa shape index (κ3) is 13.7. The number of nitrogens with one attached hydrogen (secondary N) is 1. The molecular weight excluding hydrogens is 1350 g/mol. The number of halogens is 8. The van der Waals surface area contributed by atoms with Crippen LogP contribution >= 0.6 is 106 Å². The number of aromatic nitrogens is 3. The highest BCUT2D eigenvalue weighted by atomic mass is 79.9. The molecule has 0 saturated carbocycles. The summed E-state index contributed by atoms with van der Waals surface area (Å²) in [5.74, 6) is 0.826. The number of amides is 2. The molecule has 3 aromatic heterocycles. The van der Waals surface area contributed by atoms with Crippen LogP contribution in [0.3, 0.4) is 0 Å². The van der Waals surface area contributed by atoms with Gasteiger partial charge in [0.15, 0.2) is 0 Å². The largest absolute Gasteiger partial charge is 0.450 e. The third-order valence-corrected chi connectivity index (χ3v) is 19.4. The van der Waals surface area contributed by atoms with Gasteiger partial charge >= 0.3 is 12.2 Å². The van der Waals surface area contributed by atoms with Gasteiger partial charge in [0.2, 0.25) is 0 Å². The lowest BCUT2D eigenvalue weighted by molar-refractivity contribution is 0.103. The Morgan fingerprint density at radius 1 is 0.578 bits per heavy atom. The quantitative estimate of drug-likeness (QED) is 0.145. The Bertz CT molecular complexity index is 3540. The molecule has 1 unspecified atom stereocenters. The molecule has 12 rings (SSSR count). The predicted octanol–water partition coefficient (Wildman–Crippen LogP) is 16.5. The summed E-state index contributed by atoms with van der Waals surface area (Å²) < 4.78 is 13.3. The van der Waals surface area contributed by atoms with Crippen LogP contribution in [0.4, 0.5) is 21.0 Å². The number of ether oxygens (including phenoxy) is 2. The number of fused-ring (bicyclic) bond motifs is 6. The molecule has 1 atom stereocenters. The summed E-state index contributed by atoms with van der Waals surface area (Å²) in [5.41, 5.74) is 31.7. The van der Waals surface area contributed by atoms with Gasteiger partial charge in [-0.05, 0) is 251 Å². The third-order valence-electron chi connectivity index (χ3n) is 16.5. The van der Waals surface area contributed by atoms with Crippen LogP contribution in [0.2, 0.25) is 25.1 Å². The van der Waals surface area contributed by atoms with E-state index in [0.29, 0.717) is 71.8 Å². The van der Waals surface area contributed by atoms with E-state index < -0.39 is 0 Å². The SMILES string of the molecule is CCOC(=O)N1CCC(=C2c3cc(N)c(Cl)cc3CCc3cc(Br)cnc32)CC1.CCOC(=O)N1CCC(=C2c3ncc(Br)cc3CCc3cc(Cl)c(N)c(Cl)c32)CC1.Clc1cc(Cl)c2c(c1)CCc1cc(Br)cnc1C2C1CCNCC1. The zero-order valence-electron chi connectivity index (χ0n) is 46.2. The average Bonchev–Trinajstić information content (AvgIpc) is 2.55. The average molecular weight is 1410 g/mol. The minimum absolute atomic E-state index is 0.240. The Labute approximate surface area is 535 Å². The van der Waals surface area contributed by atoms with Crippen LogP contribution < -0.4 is 16.8 Å². The Balaban J connectivity index is 0.000000140. The fourth-order valence-corrected chi connectivity index (χ4v) is 15.1. The van der Waals surface area contributed by atoms with Crippen molar-refractivity contribution in [2.24, 2.45) is 5.92 Å². The van der Waals surface area contributed by atoms with Gasteiger partial charge in [0.05, 0.1) is 56.7 Å². The number of rotatable bonds is 3. The Morgan fingerprint density at radius 2 is 1.07 bits per heavy atom. The number of pyridine rings is 3. The summed E-state index contributed by atoms with van der Waals surface area (Å²) >= 11 is 43.1. The Morgan fingerprint density at radius 3 is 1.66 bits per heavy atom. The Hall–Kier alpha value is -4.42. The van der Waals surface area contributed by atoms with E-state index in [2.05, 4.69) is 77.4 Å². The van der Waals surface area contributed by atoms with Crippen molar-refractivity contribution in [2.75, 3.05) is 63.9 Å². The van der Waals surface area contributed by atoms with E-state index in [1.165, 1.54) is 44.7 Å². The molecule has 3 saturated heterocycles. The first-order valence-corrected chi connectivity index (χ1v) is 32.5. The van der Waals surface area contributed by atoms with Gasteiger partial charge < -0.3 is 36.1 Å². The minimum atomic E-state index is -0.265. The molecule has 12 nitrogen and oxygen atoms in total. The number of likely N-dealkylation sites (tertiary alicyclic amines) is 2. The van der Waals surface area contributed by atoms with Crippen molar-refractivity contribution >= 4 is 141 Å². The van der Waals surface area contributed by atoms with Gasteiger partial charge in [-0.1, -0.05) is 69.2 Å². The highest BCUT2D eigenvalue weighted by Crippen LogP contribution is 2.48. The molecule has 3 aliphatic heterocycles. The van der Waals surface area contributed by atoms with Crippen molar-refractivity contribution in [1.29, 1.82) is 0 Å². The lowest BCUT2D eigenvalue weighted by Crippen LogP contribution is -2.37. The molecule has 83 heavy (non-hydrogen) atoms. The number of nitrogens with two attached hydrogens (primary N) is 2. The summed E-state index contributed by atoms with van der Waals surface area (Å²) in [5, 5.41) is 6.52. The second-order valence-electron chi connectivity index (χ2n) is 21.5. The maximum Gasteiger partial charge on any atom is 0.409 e. The standard InChI is InChI=1S/C22H22BrCl2N3O2.C22H23BrClN3O2.C19H19BrCl2N2/c1-2-30-22(29)28-7-5-12(6-8-28)18-17-13(10-16(24)20(26)19(17)25)3-4-14-9-15(23)11-27-21(14)18;1-2-29-22(28)27-7-5-13(6-8-27)20-17-11-19(25)18(24)10-14(17)3-4-15-9-16(23)12-26-21(15)20;20-14-7-13-2-1-12-8-15(21)9-16(22)17(12)18(19(13)24-10-14)11-3-5-23-6-4-11/h9-11H,2-8,26H2,1H3;9-12H,2-8,25H2,1H3;7-11,18,23H,1-6H2. The summed E-state index contributed by atoms with van der Waals surface area (Å²) in [6.07, 6.45) is 15.7. The normalized spacial score (nSPS) is 17.5. The van der Waals surface area contributed by atoms with Crippen LogP contribution in [0.15, 0.2) is 91.7 Å². The van der Waals surface area contributed by atoms with Crippen LogP contribution in [0, 0.1) is 5.92 Å². The number of anilines is 2. The highest BCUT2D eigenvalue weighted by Gasteiger charge is 2.36. The van der Waals surface area contributed by atoms with E-state index in [9.17, 15) is 9.59 Å². The zero-order valence-corrected chi connectivity index (χ0v) is 54.7. The molecule has 6 aromatic rings. The van der Waals surface area contributed by atoms with Gasteiger partial charge in [0, 0.05) is 90.9 Å². The number of hydrogen-bond donors (Lipinski definition) is 3. The number of nitrogens with zero attached hydrogens (tertiary/aromatic N) is 5. The summed E-state index contributed by atoms with van der Waals surface area (Å²) in [4.78, 5) is 42.1. The number of carbonyl (C=O) groups is 2. The van der Waals surface area contributed by atoms with Crippen LogP contribution in [0.1, 0.15) is 125 Å². The van der Waals surface area contributed by atoms with Crippen molar-refractivity contribution in [3.05, 3.63) is 184 Å². The topological polar surface area (TPSA) is 162 Å². The van der Waals surface area contributed by atoms with Crippen molar-refractivity contribution < 1.29 is 19.1 Å². The second kappa shape index (κ2) is 27.5. The van der Waals surface area contributed by atoms with Gasteiger partial charge in [-0.3, -0.25) is 15.0 Å². The number of nitrogen functional groups attached to an aromatic ring is 2. The molecule has 436 valence electrons. The first-order chi connectivity index (χ1) is 40.0. The van der Waals surface area contributed by atoms with Gasteiger partial charge in [-0.25, -0.2) is 9.59 Å². The summed E-state index contributed by atoms with van der Waals surface area (Å²) in [6, 6.07) is 16.4. The monoisotopic (exact) mass is 1410 g/mol. The van der Waals surface area contributed by atoms with E-state index in [1.54, 1.807) is 9.80 Å². The number of hydrogen-bond acceptors (Lipinski definition) is 10. The first kappa shape index (κ1) is 61.7. The zero-order chi connectivity index (χ0) is 58.6. The van der Waals surface area contributed by atoms with Crippen LogP contribution in [-0.2, 0) is 48.0 Å². The van der Waals surface area contributed by atoms with E-state index in [0.717, 1.165) is 158 Å². The number of carbonyl (C=O) groups excluding carboxylic acids is 2. The molecule has 3 aliphatic carbocycles. The fourth-order valence-electron chi connectivity index (χ4n) is 12.6. The fraction of sp³-hybridized carbons (Fsp3) is 0.381. The smallest absolute Gasteiger partial charge is 0.409 e. The van der Waals surface area contributed by atoms with E-state index >= 15 is 0 Å². The first-order valence-electron chi connectivity index (χ1n) is 28.3. The second-order valence-corrected chi connectivity index (χ2v) is 26.3. The van der Waals surface area contributed by atoms with Gasteiger partial charge in [-0.15, -0.1) is 0 Å². The van der Waals surface area contributed by atoms with Crippen LogP contribution in [0.25, 0.3) is 11.1 Å². The van der Waals surface area contributed by atoms with Crippen molar-refractivity contribution in [1.82, 2.24) is 30.1 Å². The molecule has 5 N–H and O–H groups in total. The predicted molar refractivity (Wildman–Crippen MR) is 346 cm³/mol. The molecule has 2 amide bonds. The molecule has 0 bridgehead atoms. The van der Waals surface area contributed by atoms with Gasteiger partial charge in [0.25, 0.3) is 0 Å². The highest BCUT2D eigenvalue weighted by molar-refractivity contribution is 9.11. The minimum Gasteiger partial charge on any atom is -0.450 e. The van der Waals surface area contributed by atoms with Crippen molar-refractivity contribution in [3.8, 4) is 0 Å². The van der Waals surface area contributed by atoms with Gasteiger partial charge in [0.1, 0.15) is 0 Å². The number of piperidine rings is 3. The lowest BCUT2D eigenvalue weighted by Gasteiger charge is -2.32. The molecule has 3 fully saturated rings. The van der Waals surface area contributed by atoms with Crippen LogP contribution in [0.5, 0.6) is 0 Å². The molecule has 0 spiro atoms. The molecule has 6 aliphatic rings. The maximum atomic E-state index is 12.1. The molecular formula is C63H64Br3Cl5N8O4. The van der Waals surface area contributed by atoms with Gasteiger partial charge in [-0.2, -0.15) is 0 Å². The van der Waals surface area contributed by atoms with Crippen LogP contribution in [-0.4, -0.2) is 89.4 Å². The molecule has 3 aromatic carbocycles. The van der Waals surface area contributed by atoms with E-state index in [4.69, 9.17) is 93.9 Å².